The summed E-state index contributed by atoms with van der Waals surface area (Å²) in [4.78, 5) is 15.3. The number of aryl methyl sites for hydroxylation is 2. The lowest BCUT2D eigenvalue weighted by Crippen LogP contribution is -2.39. The van der Waals surface area contributed by atoms with Crippen LogP contribution in [0, 0.1) is 6.92 Å². The zero-order valence-corrected chi connectivity index (χ0v) is 17.3. The molecule has 1 aliphatic carbocycles. The van der Waals surface area contributed by atoms with Crippen LogP contribution in [0.25, 0.3) is 0 Å². The second kappa shape index (κ2) is 6.70. The Bertz CT molecular complexity index is 1200. The lowest BCUT2D eigenvalue weighted by molar-refractivity contribution is -0.137. The van der Waals surface area contributed by atoms with Crippen molar-refractivity contribution in [1.29, 1.82) is 0 Å². The Morgan fingerprint density at radius 2 is 1.87 bits per heavy atom. The van der Waals surface area contributed by atoms with E-state index in [1.807, 2.05) is 26.0 Å². The minimum atomic E-state index is -4.48. The summed E-state index contributed by atoms with van der Waals surface area (Å²) >= 11 is 0. The first kappa shape index (κ1) is 19.8. The van der Waals surface area contributed by atoms with Gasteiger partial charge in [-0.1, -0.05) is 36.8 Å². The van der Waals surface area contributed by atoms with E-state index in [-0.39, 0.29) is 5.91 Å². The van der Waals surface area contributed by atoms with Gasteiger partial charge in [-0.3, -0.25) is 14.4 Å². The molecule has 0 bridgehead atoms. The van der Waals surface area contributed by atoms with E-state index in [1.54, 1.807) is 17.1 Å². The van der Waals surface area contributed by atoms with Gasteiger partial charge in [0.15, 0.2) is 0 Å². The highest BCUT2D eigenvalue weighted by Crippen LogP contribution is 2.53. The SMILES string of the molecule is CCCn1cc(N2C(=O)C3(Cc4ccc(C)cc4C3)c3ccc(C(F)(F)F)cc32)cn1. The van der Waals surface area contributed by atoms with Crippen LogP contribution in [0.4, 0.5) is 24.5 Å². The number of carbonyl (C=O) groups is 1. The van der Waals surface area contributed by atoms with Gasteiger partial charge in [0.05, 0.1) is 28.6 Å². The van der Waals surface area contributed by atoms with Crippen LogP contribution in [0.5, 0.6) is 0 Å². The Labute approximate surface area is 178 Å². The maximum Gasteiger partial charge on any atom is 0.416 e. The molecule has 2 heterocycles. The molecule has 0 saturated carbocycles. The Morgan fingerprint density at radius 3 is 2.61 bits per heavy atom. The zero-order valence-electron chi connectivity index (χ0n) is 17.3. The normalized spacial score (nSPS) is 19.9. The molecule has 4 nitrogen and oxygen atoms in total. The van der Waals surface area contributed by atoms with E-state index in [0.29, 0.717) is 36.3 Å². The minimum Gasteiger partial charge on any atom is -0.277 e. The summed E-state index contributed by atoms with van der Waals surface area (Å²) in [5, 5.41) is 4.30. The number of benzene rings is 2. The maximum atomic E-state index is 13.9. The largest absolute Gasteiger partial charge is 0.416 e. The van der Waals surface area contributed by atoms with Gasteiger partial charge in [0.2, 0.25) is 5.91 Å². The van der Waals surface area contributed by atoms with Gasteiger partial charge in [-0.15, -0.1) is 0 Å². The third-order valence-corrected chi connectivity index (χ3v) is 6.37. The number of aromatic nitrogens is 2. The molecular weight excluding hydrogens is 403 g/mol. The van der Waals surface area contributed by atoms with Crippen LogP contribution < -0.4 is 4.90 Å². The zero-order chi connectivity index (χ0) is 22.0. The Kier molecular flexibility index (Phi) is 4.29. The van der Waals surface area contributed by atoms with Crippen molar-refractivity contribution in [3.63, 3.8) is 0 Å². The first-order chi connectivity index (χ1) is 14.7. The molecule has 1 unspecified atom stereocenters. The first-order valence-electron chi connectivity index (χ1n) is 10.4. The van der Waals surface area contributed by atoms with Gasteiger partial charge in [-0.2, -0.15) is 18.3 Å². The monoisotopic (exact) mass is 425 g/mol. The molecule has 0 saturated heterocycles. The van der Waals surface area contributed by atoms with Crippen LogP contribution >= 0.6 is 0 Å². The lowest BCUT2D eigenvalue weighted by Gasteiger charge is -2.23. The van der Waals surface area contributed by atoms with Gasteiger partial charge in [0.25, 0.3) is 0 Å². The first-order valence-corrected chi connectivity index (χ1v) is 10.4. The number of alkyl halides is 3. The van der Waals surface area contributed by atoms with Crippen molar-refractivity contribution in [3.05, 3.63) is 76.6 Å². The van der Waals surface area contributed by atoms with Crippen molar-refractivity contribution in [1.82, 2.24) is 9.78 Å². The van der Waals surface area contributed by atoms with E-state index in [2.05, 4.69) is 11.2 Å². The average molecular weight is 425 g/mol. The van der Waals surface area contributed by atoms with Gasteiger partial charge in [0.1, 0.15) is 0 Å². The summed E-state index contributed by atoms with van der Waals surface area (Å²) in [6.45, 7) is 4.69. The van der Waals surface area contributed by atoms with Crippen LogP contribution in [0.15, 0.2) is 48.8 Å². The number of hydrogen-bond donors (Lipinski definition) is 0. The van der Waals surface area contributed by atoms with Crippen molar-refractivity contribution in [3.8, 4) is 0 Å². The van der Waals surface area contributed by atoms with Crippen molar-refractivity contribution < 1.29 is 18.0 Å². The molecule has 3 aromatic rings. The molecule has 0 radical (unpaired) electrons. The molecule has 0 N–H and O–H groups in total. The number of hydrogen-bond acceptors (Lipinski definition) is 2. The van der Waals surface area contributed by atoms with E-state index < -0.39 is 17.2 Å². The summed E-state index contributed by atoms with van der Waals surface area (Å²) in [6, 6.07) is 9.80. The standard InChI is InChI=1S/C24H22F3N3O/c1-3-8-29-14-19(13-28-29)30-21-10-18(24(25,26)27)6-7-20(21)23(22(30)31)11-16-5-4-15(2)9-17(16)12-23/h4-7,9-10,13-14H,3,8,11-12H2,1-2H3. The topological polar surface area (TPSA) is 38.1 Å². The molecule has 7 heteroatoms. The fourth-order valence-electron chi connectivity index (χ4n) is 4.96. The van der Waals surface area contributed by atoms with E-state index in [4.69, 9.17) is 0 Å². The third-order valence-electron chi connectivity index (χ3n) is 6.37. The summed E-state index contributed by atoms with van der Waals surface area (Å²) in [5.41, 5.74) is 3.09. The highest BCUT2D eigenvalue weighted by atomic mass is 19.4. The van der Waals surface area contributed by atoms with E-state index in [0.717, 1.165) is 35.2 Å². The summed E-state index contributed by atoms with van der Waals surface area (Å²) in [5.74, 6) is -0.188. The molecule has 5 rings (SSSR count). The fraction of sp³-hybridized carbons (Fsp3) is 0.333. The van der Waals surface area contributed by atoms with Crippen LogP contribution in [-0.2, 0) is 35.8 Å². The van der Waals surface area contributed by atoms with Crippen LogP contribution in [0.2, 0.25) is 0 Å². The number of nitrogens with zero attached hydrogens (tertiary/aromatic N) is 3. The quantitative estimate of drug-likeness (QED) is 0.569. The molecular formula is C24H22F3N3O. The molecule has 1 aromatic heterocycles. The smallest absolute Gasteiger partial charge is 0.277 e. The second-order valence-electron chi connectivity index (χ2n) is 8.54. The number of rotatable bonds is 3. The molecule has 0 fully saturated rings. The molecule has 31 heavy (non-hydrogen) atoms. The van der Waals surface area contributed by atoms with Gasteiger partial charge >= 0.3 is 6.18 Å². The van der Waals surface area contributed by atoms with Gasteiger partial charge < -0.3 is 0 Å². The van der Waals surface area contributed by atoms with Crippen molar-refractivity contribution in [2.75, 3.05) is 4.90 Å². The molecule has 1 spiro atoms. The van der Waals surface area contributed by atoms with Crippen molar-refractivity contribution in [2.24, 2.45) is 0 Å². The van der Waals surface area contributed by atoms with E-state index in [9.17, 15) is 18.0 Å². The van der Waals surface area contributed by atoms with Crippen molar-refractivity contribution >= 4 is 17.3 Å². The van der Waals surface area contributed by atoms with Gasteiger partial charge in [0, 0.05) is 12.7 Å². The molecule has 1 amide bonds. The number of halogens is 3. The molecule has 160 valence electrons. The maximum absolute atomic E-state index is 13.9. The van der Waals surface area contributed by atoms with E-state index in [1.165, 1.54) is 11.0 Å². The average Bonchev–Trinajstić information content (AvgIpc) is 3.37. The lowest BCUT2D eigenvalue weighted by atomic mass is 9.78. The Hall–Kier alpha value is -3.09. The van der Waals surface area contributed by atoms with Gasteiger partial charge in [-0.05, 0) is 55.0 Å². The molecule has 2 aliphatic rings. The van der Waals surface area contributed by atoms with Crippen LogP contribution in [-0.4, -0.2) is 15.7 Å². The molecule has 1 aliphatic heterocycles. The molecule has 2 aromatic carbocycles. The predicted molar refractivity (Wildman–Crippen MR) is 111 cm³/mol. The number of carbonyl (C=O) groups excluding carboxylic acids is 1. The Morgan fingerprint density at radius 1 is 1.10 bits per heavy atom. The number of fused-ring (bicyclic) bond motifs is 3. The second-order valence-corrected chi connectivity index (χ2v) is 8.54. The minimum absolute atomic E-state index is 0.188. The number of anilines is 2. The van der Waals surface area contributed by atoms with Crippen LogP contribution in [0.1, 0.15) is 41.2 Å². The third kappa shape index (κ3) is 2.98. The predicted octanol–water partition coefficient (Wildman–Crippen LogP) is 5.34. The van der Waals surface area contributed by atoms with E-state index >= 15 is 0 Å². The summed E-state index contributed by atoms with van der Waals surface area (Å²) in [7, 11) is 0. The highest BCUT2D eigenvalue weighted by molar-refractivity contribution is 6.13. The summed E-state index contributed by atoms with van der Waals surface area (Å²) in [6.07, 6.45) is 0.643. The number of amides is 1. The highest BCUT2D eigenvalue weighted by Gasteiger charge is 2.55. The molecule has 1 atom stereocenters. The Balaban J connectivity index is 1.67. The summed E-state index contributed by atoms with van der Waals surface area (Å²) < 4.78 is 42.2. The van der Waals surface area contributed by atoms with Crippen LogP contribution in [0.3, 0.4) is 0 Å². The van der Waals surface area contributed by atoms with Gasteiger partial charge in [-0.25, -0.2) is 0 Å². The fourth-order valence-corrected chi connectivity index (χ4v) is 4.96. The van der Waals surface area contributed by atoms with Crippen molar-refractivity contribution in [2.45, 2.75) is 51.2 Å².